The van der Waals surface area contributed by atoms with Crippen LogP contribution in [0.5, 0.6) is 0 Å². The Labute approximate surface area is 56.5 Å². The SMILES string of the molecule is CC(O)C#CC[NH+](C)C. The van der Waals surface area contributed by atoms with E-state index in [-0.39, 0.29) is 0 Å². The van der Waals surface area contributed by atoms with Gasteiger partial charge in [-0.15, -0.1) is 0 Å². The molecule has 0 heterocycles. The third kappa shape index (κ3) is 7.48. The highest BCUT2D eigenvalue weighted by atomic mass is 16.3. The second-order valence-electron chi connectivity index (χ2n) is 2.38. The van der Waals surface area contributed by atoms with Crippen LogP contribution in [-0.4, -0.2) is 31.9 Å². The molecular formula is C7H14NO+. The van der Waals surface area contributed by atoms with E-state index < -0.39 is 6.10 Å². The summed E-state index contributed by atoms with van der Waals surface area (Å²) in [5, 5.41) is 8.68. The zero-order chi connectivity index (χ0) is 7.28. The lowest BCUT2D eigenvalue weighted by atomic mass is 10.4. The van der Waals surface area contributed by atoms with Crippen molar-refractivity contribution >= 4 is 0 Å². The number of aliphatic hydroxyl groups excluding tert-OH is 1. The Kier molecular flexibility index (Phi) is 4.12. The molecule has 9 heavy (non-hydrogen) atoms. The Bertz CT molecular complexity index is 119. The van der Waals surface area contributed by atoms with E-state index in [1.165, 1.54) is 4.90 Å². The molecule has 0 aromatic rings. The summed E-state index contributed by atoms with van der Waals surface area (Å²) in [7, 11) is 4.05. The maximum absolute atomic E-state index is 8.68. The summed E-state index contributed by atoms with van der Waals surface area (Å²) in [4.78, 5) is 1.28. The predicted octanol–water partition coefficient (Wildman–Crippen LogP) is -1.48. The first-order chi connectivity index (χ1) is 4.13. The van der Waals surface area contributed by atoms with Crippen LogP contribution in [0, 0.1) is 11.8 Å². The molecule has 0 aromatic carbocycles. The highest BCUT2D eigenvalue weighted by Crippen LogP contribution is 1.69. The first-order valence-electron chi connectivity index (χ1n) is 3.08. The monoisotopic (exact) mass is 128 g/mol. The number of hydrogen-bond donors (Lipinski definition) is 2. The molecule has 0 amide bonds. The van der Waals surface area contributed by atoms with Crippen LogP contribution in [-0.2, 0) is 0 Å². The van der Waals surface area contributed by atoms with Gasteiger partial charge in [-0.3, -0.25) is 0 Å². The number of aliphatic hydroxyl groups is 1. The summed E-state index contributed by atoms with van der Waals surface area (Å²) in [6.45, 7) is 2.46. The fraction of sp³-hybridized carbons (Fsp3) is 0.714. The molecule has 0 radical (unpaired) electrons. The normalized spacial score (nSPS) is 12.6. The van der Waals surface area contributed by atoms with Gasteiger partial charge in [0, 0.05) is 0 Å². The van der Waals surface area contributed by atoms with Gasteiger partial charge in [-0.1, -0.05) is 5.92 Å². The molecule has 0 rings (SSSR count). The Balaban J connectivity index is 3.38. The van der Waals surface area contributed by atoms with Crippen LogP contribution in [0.1, 0.15) is 6.92 Å². The maximum atomic E-state index is 8.68. The van der Waals surface area contributed by atoms with Crippen LogP contribution in [0.4, 0.5) is 0 Å². The minimum Gasteiger partial charge on any atom is -0.381 e. The summed E-state index contributed by atoms with van der Waals surface area (Å²) in [6, 6.07) is 0. The summed E-state index contributed by atoms with van der Waals surface area (Å²) in [5.41, 5.74) is 0. The van der Waals surface area contributed by atoms with Gasteiger partial charge in [-0.25, -0.2) is 0 Å². The minimum absolute atomic E-state index is 0.482. The third-order valence-corrected chi connectivity index (χ3v) is 0.753. The van der Waals surface area contributed by atoms with E-state index >= 15 is 0 Å². The molecule has 0 saturated heterocycles. The van der Waals surface area contributed by atoms with E-state index in [0.717, 1.165) is 6.54 Å². The largest absolute Gasteiger partial charge is 0.381 e. The van der Waals surface area contributed by atoms with Crippen molar-refractivity contribution in [1.82, 2.24) is 0 Å². The number of rotatable bonds is 1. The van der Waals surface area contributed by atoms with Crippen LogP contribution in [0.15, 0.2) is 0 Å². The molecule has 0 aromatic heterocycles. The lowest BCUT2D eigenvalue weighted by Crippen LogP contribution is -3.05. The molecule has 0 bridgehead atoms. The first kappa shape index (κ1) is 8.48. The second-order valence-corrected chi connectivity index (χ2v) is 2.38. The van der Waals surface area contributed by atoms with Crippen molar-refractivity contribution in [3.05, 3.63) is 0 Å². The Hall–Kier alpha value is -0.520. The molecule has 1 unspecified atom stereocenters. The Morgan fingerprint density at radius 1 is 1.56 bits per heavy atom. The topological polar surface area (TPSA) is 24.7 Å². The molecule has 0 aliphatic heterocycles. The zero-order valence-electron chi connectivity index (χ0n) is 6.23. The van der Waals surface area contributed by atoms with Crippen molar-refractivity contribution in [3.8, 4) is 11.8 Å². The van der Waals surface area contributed by atoms with Gasteiger partial charge in [-0.05, 0) is 12.8 Å². The quantitative estimate of drug-likeness (QED) is 0.413. The highest BCUT2D eigenvalue weighted by molar-refractivity contribution is 5.02. The number of hydrogen-bond acceptors (Lipinski definition) is 1. The van der Waals surface area contributed by atoms with Crippen LogP contribution in [0.3, 0.4) is 0 Å². The average Bonchev–Trinajstić information content (AvgIpc) is 1.63. The molecule has 2 N–H and O–H groups in total. The predicted molar refractivity (Wildman–Crippen MR) is 37.1 cm³/mol. The van der Waals surface area contributed by atoms with E-state index in [4.69, 9.17) is 5.11 Å². The van der Waals surface area contributed by atoms with Gasteiger partial charge in [0.05, 0.1) is 14.1 Å². The Morgan fingerprint density at radius 2 is 2.11 bits per heavy atom. The van der Waals surface area contributed by atoms with Gasteiger partial charge >= 0.3 is 0 Å². The van der Waals surface area contributed by atoms with Gasteiger partial charge in [-0.2, -0.15) is 0 Å². The lowest BCUT2D eigenvalue weighted by molar-refractivity contribution is -0.850. The maximum Gasteiger partial charge on any atom is 0.139 e. The van der Waals surface area contributed by atoms with Gasteiger partial charge in [0.25, 0.3) is 0 Å². The van der Waals surface area contributed by atoms with Gasteiger partial charge in [0.2, 0.25) is 0 Å². The van der Waals surface area contributed by atoms with E-state index in [9.17, 15) is 0 Å². The van der Waals surface area contributed by atoms with Crippen molar-refractivity contribution < 1.29 is 10.0 Å². The van der Waals surface area contributed by atoms with Gasteiger partial charge < -0.3 is 10.0 Å². The van der Waals surface area contributed by atoms with Crippen LogP contribution >= 0.6 is 0 Å². The zero-order valence-corrected chi connectivity index (χ0v) is 6.23. The van der Waals surface area contributed by atoms with E-state index in [1.54, 1.807) is 6.92 Å². The van der Waals surface area contributed by atoms with Gasteiger partial charge in [0.1, 0.15) is 12.6 Å². The molecule has 2 nitrogen and oxygen atoms in total. The van der Waals surface area contributed by atoms with Crippen molar-refractivity contribution in [1.29, 1.82) is 0 Å². The molecule has 0 aliphatic rings. The number of quaternary nitrogens is 1. The molecular weight excluding hydrogens is 114 g/mol. The van der Waals surface area contributed by atoms with Crippen LogP contribution in [0.2, 0.25) is 0 Å². The smallest absolute Gasteiger partial charge is 0.139 e. The fourth-order valence-corrected chi connectivity index (χ4v) is 0.376. The van der Waals surface area contributed by atoms with E-state index in [0.29, 0.717) is 0 Å². The molecule has 0 fully saturated rings. The average molecular weight is 128 g/mol. The summed E-state index contributed by atoms with van der Waals surface area (Å²) < 4.78 is 0. The van der Waals surface area contributed by atoms with E-state index in [1.807, 2.05) is 14.1 Å². The van der Waals surface area contributed by atoms with Crippen LogP contribution < -0.4 is 4.90 Å². The summed E-state index contributed by atoms with van der Waals surface area (Å²) >= 11 is 0. The molecule has 0 aliphatic carbocycles. The lowest BCUT2D eigenvalue weighted by Gasteiger charge is -1.98. The van der Waals surface area contributed by atoms with E-state index in [2.05, 4.69) is 11.8 Å². The minimum atomic E-state index is -0.482. The molecule has 2 heteroatoms. The molecule has 0 spiro atoms. The molecule has 1 atom stereocenters. The van der Waals surface area contributed by atoms with Crippen molar-refractivity contribution in [3.63, 3.8) is 0 Å². The fourth-order valence-electron chi connectivity index (χ4n) is 0.376. The second kappa shape index (κ2) is 4.37. The Morgan fingerprint density at radius 3 is 2.44 bits per heavy atom. The van der Waals surface area contributed by atoms with Crippen molar-refractivity contribution in [2.24, 2.45) is 0 Å². The number of nitrogens with one attached hydrogen (secondary N) is 1. The van der Waals surface area contributed by atoms with Crippen LogP contribution in [0.25, 0.3) is 0 Å². The van der Waals surface area contributed by atoms with Crippen molar-refractivity contribution in [2.75, 3.05) is 20.6 Å². The molecule has 0 saturated carbocycles. The third-order valence-electron chi connectivity index (χ3n) is 0.753. The summed E-state index contributed by atoms with van der Waals surface area (Å²) in [5.74, 6) is 5.51. The molecule has 52 valence electrons. The van der Waals surface area contributed by atoms with Crippen molar-refractivity contribution in [2.45, 2.75) is 13.0 Å². The van der Waals surface area contributed by atoms with Gasteiger partial charge in [0.15, 0.2) is 0 Å². The standard InChI is InChI=1S/C7H13NO/c1-7(9)5-4-6-8(2)3/h7,9H,6H2,1-3H3/p+1. The highest BCUT2D eigenvalue weighted by Gasteiger charge is 1.85. The summed E-state index contributed by atoms with van der Waals surface area (Å²) in [6.07, 6.45) is -0.482. The first-order valence-corrected chi connectivity index (χ1v) is 3.08.